The Labute approximate surface area is 166 Å². The third-order valence-corrected chi connectivity index (χ3v) is 7.97. The second-order valence-corrected chi connectivity index (χ2v) is 10.7. The molecule has 1 N–H and O–H groups in total. The van der Waals surface area contributed by atoms with Gasteiger partial charge >= 0.3 is 6.03 Å². The van der Waals surface area contributed by atoms with Crippen LogP contribution in [0.2, 0.25) is 0 Å². The highest BCUT2D eigenvalue weighted by Crippen LogP contribution is 2.35. The summed E-state index contributed by atoms with van der Waals surface area (Å²) in [7, 11) is 0. The summed E-state index contributed by atoms with van der Waals surface area (Å²) < 4.78 is 1.17. The van der Waals surface area contributed by atoms with E-state index < -0.39 is 0 Å². The molecule has 2 fully saturated rings. The molecule has 1 aromatic rings. The van der Waals surface area contributed by atoms with E-state index in [1.54, 1.807) is 23.1 Å². The van der Waals surface area contributed by atoms with Gasteiger partial charge in [0.25, 0.3) is 0 Å². The Hall–Kier alpha value is -0.750. The number of anilines is 1. The lowest BCUT2D eigenvalue weighted by Crippen LogP contribution is -2.51. The standard InChI is InChI=1S/C20H33N3OS2/c1-4-25-18-13-21-19(26-18)22-20(24)23(16-9-5-14(2)6-10-16)17-11-7-15(3)8-12-17/h13-17H,4-12H2,1-3H3,(H,21,22,24). The fraction of sp³-hybridized carbons (Fsp3) is 0.800. The normalized spacial score (nSPS) is 29.3. The van der Waals surface area contributed by atoms with Crippen molar-refractivity contribution in [1.82, 2.24) is 9.88 Å². The third-order valence-electron chi connectivity index (χ3n) is 5.98. The molecule has 2 amide bonds. The van der Waals surface area contributed by atoms with Crippen LogP contribution in [0.25, 0.3) is 0 Å². The number of rotatable bonds is 5. The summed E-state index contributed by atoms with van der Waals surface area (Å²) in [6.07, 6.45) is 11.4. The van der Waals surface area contributed by atoms with E-state index in [1.807, 2.05) is 6.20 Å². The number of aromatic nitrogens is 1. The van der Waals surface area contributed by atoms with Gasteiger partial charge < -0.3 is 4.90 Å². The Kier molecular flexibility index (Phi) is 7.27. The number of amides is 2. The third kappa shape index (κ3) is 5.16. The number of thioether (sulfide) groups is 1. The molecule has 0 radical (unpaired) electrons. The summed E-state index contributed by atoms with van der Waals surface area (Å²) in [5.74, 6) is 2.63. The van der Waals surface area contributed by atoms with Crippen molar-refractivity contribution in [2.24, 2.45) is 11.8 Å². The van der Waals surface area contributed by atoms with Gasteiger partial charge in [0.05, 0.1) is 10.4 Å². The van der Waals surface area contributed by atoms with E-state index >= 15 is 0 Å². The van der Waals surface area contributed by atoms with Crippen LogP contribution in [-0.4, -0.2) is 33.8 Å². The molecular formula is C20H33N3OS2. The van der Waals surface area contributed by atoms with Gasteiger partial charge in [-0.2, -0.15) is 0 Å². The van der Waals surface area contributed by atoms with Crippen molar-refractivity contribution in [3.05, 3.63) is 6.20 Å². The van der Waals surface area contributed by atoms with Crippen molar-refractivity contribution >= 4 is 34.3 Å². The van der Waals surface area contributed by atoms with Crippen molar-refractivity contribution in [1.29, 1.82) is 0 Å². The number of nitrogens with zero attached hydrogens (tertiary/aromatic N) is 2. The minimum absolute atomic E-state index is 0.0755. The van der Waals surface area contributed by atoms with E-state index in [2.05, 4.69) is 36.0 Å². The van der Waals surface area contributed by atoms with Crippen molar-refractivity contribution in [3.8, 4) is 0 Å². The molecule has 0 unspecified atom stereocenters. The number of carbonyl (C=O) groups is 1. The first kappa shape index (κ1) is 20.0. The predicted molar refractivity (Wildman–Crippen MR) is 112 cm³/mol. The number of urea groups is 1. The van der Waals surface area contributed by atoms with Crippen molar-refractivity contribution < 1.29 is 4.79 Å². The Morgan fingerprint density at radius 1 is 1.12 bits per heavy atom. The molecule has 6 heteroatoms. The lowest BCUT2D eigenvalue weighted by atomic mass is 9.82. The first-order chi connectivity index (χ1) is 12.6. The number of nitrogens with one attached hydrogen (secondary N) is 1. The molecule has 2 saturated carbocycles. The lowest BCUT2D eigenvalue weighted by Gasteiger charge is -2.43. The van der Waals surface area contributed by atoms with Crippen molar-refractivity contribution in [2.45, 2.75) is 88.4 Å². The smallest absolute Gasteiger partial charge is 0.319 e. The van der Waals surface area contributed by atoms with Gasteiger partial charge in [-0.05, 0) is 69.0 Å². The number of thiazole rings is 1. The second-order valence-electron chi connectivity index (χ2n) is 8.08. The largest absolute Gasteiger partial charge is 0.324 e. The van der Waals surface area contributed by atoms with E-state index in [1.165, 1.54) is 29.9 Å². The van der Waals surface area contributed by atoms with E-state index in [0.717, 1.165) is 48.4 Å². The molecule has 0 saturated heterocycles. The lowest BCUT2D eigenvalue weighted by molar-refractivity contribution is 0.0975. The molecule has 2 aliphatic carbocycles. The average molecular weight is 396 g/mol. The van der Waals surface area contributed by atoms with Crippen LogP contribution in [0.3, 0.4) is 0 Å². The molecule has 4 nitrogen and oxygen atoms in total. The fourth-order valence-corrected chi connectivity index (χ4v) is 6.13. The zero-order valence-corrected chi connectivity index (χ0v) is 18.0. The van der Waals surface area contributed by atoms with Crippen LogP contribution in [0.15, 0.2) is 10.4 Å². The van der Waals surface area contributed by atoms with E-state index in [9.17, 15) is 4.79 Å². The topological polar surface area (TPSA) is 45.2 Å². The van der Waals surface area contributed by atoms with E-state index in [0.29, 0.717) is 12.1 Å². The van der Waals surface area contributed by atoms with Gasteiger partial charge in [-0.25, -0.2) is 9.78 Å². The number of hydrogen-bond acceptors (Lipinski definition) is 4. The first-order valence-corrected chi connectivity index (χ1v) is 12.0. The maximum atomic E-state index is 13.2. The van der Waals surface area contributed by atoms with Crippen LogP contribution in [0.5, 0.6) is 0 Å². The molecular weight excluding hydrogens is 362 g/mol. The minimum Gasteiger partial charge on any atom is -0.319 e. The molecule has 0 bridgehead atoms. The van der Waals surface area contributed by atoms with Crippen molar-refractivity contribution in [2.75, 3.05) is 11.1 Å². The van der Waals surface area contributed by atoms with Gasteiger partial charge in [0.2, 0.25) is 0 Å². The summed E-state index contributed by atoms with van der Waals surface area (Å²) in [6.45, 7) is 6.81. The maximum Gasteiger partial charge on any atom is 0.324 e. The first-order valence-electron chi connectivity index (χ1n) is 10.2. The van der Waals surface area contributed by atoms with Gasteiger partial charge in [0.15, 0.2) is 5.13 Å². The summed E-state index contributed by atoms with van der Waals surface area (Å²) in [6, 6.07) is 0.870. The number of hydrogen-bond donors (Lipinski definition) is 1. The van der Waals surface area contributed by atoms with Crippen LogP contribution >= 0.6 is 23.1 Å². The van der Waals surface area contributed by atoms with Gasteiger partial charge in [-0.1, -0.05) is 32.1 Å². The Morgan fingerprint density at radius 3 is 2.15 bits per heavy atom. The molecule has 0 aromatic carbocycles. The van der Waals surface area contributed by atoms with Crippen LogP contribution in [-0.2, 0) is 0 Å². The van der Waals surface area contributed by atoms with E-state index in [4.69, 9.17) is 0 Å². The minimum atomic E-state index is 0.0755. The van der Waals surface area contributed by atoms with Gasteiger partial charge in [0.1, 0.15) is 0 Å². The Bertz CT molecular complexity index is 553. The van der Waals surface area contributed by atoms with Crippen LogP contribution < -0.4 is 5.32 Å². The molecule has 0 spiro atoms. The summed E-state index contributed by atoms with van der Waals surface area (Å²) in [5, 5.41) is 3.86. The predicted octanol–water partition coefficient (Wildman–Crippen LogP) is 6.25. The zero-order valence-electron chi connectivity index (χ0n) is 16.4. The van der Waals surface area contributed by atoms with Gasteiger partial charge in [0, 0.05) is 12.1 Å². The van der Waals surface area contributed by atoms with Crippen LogP contribution in [0, 0.1) is 11.8 Å². The van der Waals surface area contributed by atoms with Crippen LogP contribution in [0.4, 0.5) is 9.93 Å². The average Bonchev–Trinajstić information content (AvgIpc) is 3.06. The molecule has 3 rings (SSSR count). The summed E-state index contributed by atoms with van der Waals surface area (Å²) in [5.41, 5.74) is 0. The van der Waals surface area contributed by atoms with Gasteiger partial charge in [-0.3, -0.25) is 5.32 Å². The monoisotopic (exact) mass is 395 g/mol. The number of carbonyl (C=O) groups excluding carboxylic acids is 1. The molecule has 0 atom stereocenters. The van der Waals surface area contributed by atoms with E-state index in [-0.39, 0.29) is 6.03 Å². The molecule has 1 aromatic heterocycles. The molecule has 1 heterocycles. The summed E-state index contributed by atoms with van der Waals surface area (Å²) in [4.78, 5) is 19.8. The Balaban J connectivity index is 1.69. The zero-order chi connectivity index (χ0) is 18.5. The maximum absolute atomic E-state index is 13.2. The van der Waals surface area contributed by atoms with Gasteiger partial charge in [-0.15, -0.1) is 11.8 Å². The highest BCUT2D eigenvalue weighted by molar-refractivity contribution is 8.01. The highest BCUT2D eigenvalue weighted by Gasteiger charge is 2.34. The second kappa shape index (κ2) is 9.45. The summed E-state index contributed by atoms with van der Waals surface area (Å²) >= 11 is 3.37. The quantitative estimate of drug-likeness (QED) is 0.600. The molecule has 2 aliphatic rings. The highest BCUT2D eigenvalue weighted by atomic mass is 32.2. The molecule has 0 aliphatic heterocycles. The fourth-order valence-electron chi connectivity index (χ4n) is 4.35. The van der Waals surface area contributed by atoms with Crippen LogP contribution in [0.1, 0.15) is 72.1 Å². The van der Waals surface area contributed by atoms with Crippen molar-refractivity contribution in [3.63, 3.8) is 0 Å². The Morgan fingerprint density at radius 2 is 1.65 bits per heavy atom. The SMILES string of the molecule is CCSc1cnc(NC(=O)N(C2CCC(C)CC2)C2CCC(C)CC2)s1. The molecule has 26 heavy (non-hydrogen) atoms. The molecule has 146 valence electrons.